The SMILES string of the molecule is COC(=O)c1ccc(C(=O)NN=C(C)c2nn(C)c(-c3ccc(Cl)c(Cl)c3)c2O)s1. The van der Waals surface area contributed by atoms with Gasteiger partial charge in [-0.3, -0.25) is 9.48 Å². The van der Waals surface area contributed by atoms with E-state index in [1.807, 2.05) is 0 Å². The van der Waals surface area contributed by atoms with Crippen LogP contribution >= 0.6 is 34.5 Å². The zero-order valence-corrected chi connectivity index (χ0v) is 18.4. The van der Waals surface area contributed by atoms with Gasteiger partial charge in [-0.1, -0.05) is 29.3 Å². The van der Waals surface area contributed by atoms with E-state index >= 15 is 0 Å². The summed E-state index contributed by atoms with van der Waals surface area (Å²) in [5, 5.41) is 19.7. The van der Waals surface area contributed by atoms with Crippen LogP contribution in [-0.4, -0.2) is 39.6 Å². The van der Waals surface area contributed by atoms with Crippen molar-refractivity contribution in [1.29, 1.82) is 0 Å². The maximum atomic E-state index is 12.3. The molecule has 0 unspecified atom stereocenters. The van der Waals surface area contributed by atoms with Gasteiger partial charge in [0.05, 0.1) is 27.7 Å². The molecule has 30 heavy (non-hydrogen) atoms. The van der Waals surface area contributed by atoms with Crippen molar-refractivity contribution in [1.82, 2.24) is 15.2 Å². The summed E-state index contributed by atoms with van der Waals surface area (Å²) in [5.41, 5.74) is 3.91. The van der Waals surface area contributed by atoms with Gasteiger partial charge in [-0.25, -0.2) is 10.2 Å². The molecule has 0 saturated heterocycles. The van der Waals surface area contributed by atoms with Gasteiger partial charge in [-0.05, 0) is 31.2 Å². The van der Waals surface area contributed by atoms with Gasteiger partial charge in [-0.15, -0.1) is 11.3 Å². The summed E-state index contributed by atoms with van der Waals surface area (Å²) in [7, 11) is 2.92. The van der Waals surface area contributed by atoms with E-state index in [9.17, 15) is 14.7 Å². The summed E-state index contributed by atoms with van der Waals surface area (Å²) in [4.78, 5) is 24.4. The number of hydrogen-bond acceptors (Lipinski definition) is 7. The number of aromatic hydroxyl groups is 1. The first-order valence-electron chi connectivity index (χ1n) is 8.47. The second kappa shape index (κ2) is 8.86. The van der Waals surface area contributed by atoms with Crippen LogP contribution in [0, 0.1) is 0 Å². The van der Waals surface area contributed by atoms with Crippen molar-refractivity contribution < 1.29 is 19.4 Å². The predicted molar refractivity (Wildman–Crippen MR) is 116 cm³/mol. The van der Waals surface area contributed by atoms with Crippen LogP contribution in [0.2, 0.25) is 10.0 Å². The van der Waals surface area contributed by atoms with Crippen molar-refractivity contribution in [3.05, 3.63) is 55.8 Å². The number of nitrogens with one attached hydrogen (secondary N) is 1. The molecule has 2 N–H and O–H groups in total. The van der Waals surface area contributed by atoms with Gasteiger partial charge in [0.2, 0.25) is 0 Å². The van der Waals surface area contributed by atoms with E-state index in [0.29, 0.717) is 26.2 Å². The van der Waals surface area contributed by atoms with Crippen molar-refractivity contribution in [3.8, 4) is 17.0 Å². The molecule has 11 heteroatoms. The molecule has 156 valence electrons. The number of hydrazone groups is 1. The van der Waals surface area contributed by atoms with E-state index in [-0.39, 0.29) is 22.0 Å². The Morgan fingerprint density at radius 2 is 1.90 bits per heavy atom. The number of rotatable bonds is 5. The third-order valence-corrected chi connectivity index (χ3v) is 5.90. The fourth-order valence-corrected chi connectivity index (χ4v) is 3.75. The average molecular weight is 467 g/mol. The highest BCUT2D eigenvalue weighted by Crippen LogP contribution is 2.35. The number of hydrogen-bond donors (Lipinski definition) is 2. The Labute approximate surface area is 185 Å². The largest absolute Gasteiger partial charge is 0.504 e. The maximum absolute atomic E-state index is 12.3. The topological polar surface area (TPSA) is 106 Å². The third kappa shape index (κ3) is 4.33. The van der Waals surface area contributed by atoms with Gasteiger partial charge in [0.25, 0.3) is 5.91 Å². The number of aryl methyl sites for hydroxylation is 1. The number of aromatic nitrogens is 2. The lowest BCUT2D eigenvalue weighted by atomic mass is 10.1. The quantitative estimate of drug-likeness (QED) is 0.334. The number of esters is 1. The van der Waals surface area contributed by atoms with E-state index in [4.69, 9.17) is 23.2 Å². The van der Waals surface area contributed by atoms with Crippen molar-refractivity contribution >= 4 is 52.1 Å². The predicted octanol–water partition coefficient (Wildman–Crippen LogP) is 4.10. The molecule has 0 saturated carbocycles. The van der Waals surface area contributed by atoms with Gasteiger partial charge in [0.1, 0.15) is 10.6 Å². The molecule has 0 bridgehead atoms. The first kappa shape index (κ1) is 21.8. The Morgan fingerprint density at radius 3 is 2.57 bits per heavy atom. The minimum Gasteiger partial charge on any atom is -0.504 e. The van der Waals surface area contributed by atoms with Gasteiger partial charge >= 0.3 is 5.97 Å². The van der Waals surface area contributed by atoms with Crippen molar-refractivity contribution in [3.63, 3.8) is 0 Å². The first-order valence-corrected chi connectivity index (χ1v) is 10.0. The molecular formula is C19H16Cl2N4O4S. The van der Waals surface area contributed by atoms with Gasteiger partial charge in [0.15, 0.2) is 11.4 Å². The van der Waals surface area contributed by atoms with Crippen molar-refractivity contribution in [2.45, 2.75) is 6.92 Å². The van der Waals surface area contributed by atoms with Gasteiger partial charge in [-0.2, -0.15) is 10.2 Å². The Bertz CT molecular complexity index is 1170. The van der Waals surface area contributed by atoms with Crippen molar-refractivity contribution in [2.24, 2.45) is 12.1 Å². The molecule has 2 aromatic heterocycles. The Kier molecular flexibility index (Phi) is 6.45. The monoisotopic (exact) mass is 466 g/mol. The highest BCUT2D eigenvalue weighted by atomic mass is 35.5. The van der Waals surface area contributed by atoms with Crippen LogP contribution in [0.5, 0.6) is 5.75 Å². The van der Waals surface area contributed by atoms with Gasteiger partial charge in [0, 0.05) is 12.6 Å². The van der Waals surface area contributed by atoms with Crippen LogP contribution in [0.1, 0.15) is 32.0 Å². The molecule has 0 aliphatic rings. The van der Waals surface area contributed by atoms with E-state index < -0.39 is 11.9 Å². The Morgan fingerprint density at radius 1 is 1.20 bits per heavy atom. The Hall–Kier alpha value is -2.88. The molecule has 0 aliphatic carbocycles. The van der Waals surface area contributed by atoms with Crippen molar-refractivity contribution in [2.75, 3.05) is 7.11 Å². The molecule has 1 amide bonds. The second-order valence-corrected chi connectivity index (χ2v) is 7.99. The van der Waals surface area contributed by atoms with Crippen LogP contribution < -0.4 is 5.43 Å². The lowest BCUT2D eigenvalue weighted by Gasteiger charge is -2.04. The number of thiophene rings is 1. The highest BCUT2D eigenvalue weighted by molar-refractivity contribution is 7.15. The number of methoxy groups -OCH3 is 1. The smallest absolute Gasteiger partial charge is 0.348 e. The average Bonchev–Trinajstić information content (AvgIpc) is 3.32. The van der Waals surface area contributed by atoms with Crippen LogP contribution in [0.3, 0.4) is 0 Å². The zero-order valence-electron chi connectivity index (χ0n) is 16.1. The van der Waals surface area contributed by atoms with Crippen LogP contribution in [0.4, 0.5) is 0 Å². The summed E-state index contributed by atoms with van der Waals surface area (Å²) in [6.07, 6.45) is 0. The number of halogens is 2. The molecule has 2 heterocycles. The minimum absolute atomic E-state index is 0.115. The third-order valence-electron chi connectivity index (χ3n) is 4.10. The molecule has 0 radical (unpaired) electrons. The molecule has 0 spiro atoms. The van der Waals surface area contributed by atoms with Crippen LogP contribution in [0.15, 0.2) is 35.4 Å². The number of amides is 1. The molecule has 0 atom stereocenters. The van der Waals surface area contributed by atoms with E-state index in [2.05, 4.69) is 20.4 Å². The lowest BCUT2D eigenvalue weighted by molar-refractivity contribution is 0.0606. The highest BCUT2D eigenvalue weighted by Gasteiger charge is 2.20. The number of carbonyl (C=O) groups excluding carboxylic acids is 2. The van der Waals surface area contributed by atoms with E-state index in [0.717, 1.165) is 11.3 Å². The molecule has 3 rings (SSSR count). The maximum Gasteiger partial charge on any atom is 0.348 e. The van der Waals surface area contributed by atoms with Crippen LogP contribution in [-0.2, 0) is 11.8 Å². The second-order valence-electron chi connectivity index (χ2n) is 6.09. The summed E-state index contributed by atoms with van der Waals surface area (Å²) < 4.78 is 6.10. The fourth-order valence-electron chi connectivity index (χ4n) is 2.64. The summed E-state index contributed by atoms with van der Waals surface area (Å²) in [6, 6.07) is 7.94. The Balaban J connectivity index is 1.83. The summed E-state index contributed by atoms with van der Waals surface area (Å²) in [5.74, 6) is -1.14. The summed E-state index contributed by atoms with van der Waals surface area (Å²) >= 11 is 13.0. The molecular weight excluding hydrogens is 451 g/mol. The molecule has 0 aliphatic heterocycles. The van der Waals surface area contributed by atoms with E-state index in [1.54, 1.807) is 32.2 Å². The number of ether oxygens (including phenoxy) is 1. The normalized spacial score (nSPS) is 11.4. The first-order chi connectivity index (χ1) is 14.2. The molecule has 1 aromatic carbocycles. The molecule has 8 nitrogen and oxygen atoms in total. The standard InChI is InChI=1S/C19H16Cl2N4O4S/c1-9(22-23-18(27)13-6-7-14(30-13)19(28)29-3)15-17(26)16(25(2)24-15)10-4-5-11(20)12(21)8-10/h4-8,26H,1-3H3,(H,23,27). The minimum atomic E-state index is -0.521. The van der Waals surface area contributed by atoms with E-state index in [1.165, 1.54) is 23.9 Å². The molecule has 3 aromatic rings. The molecule has 0 fully saturated rings. The lowest BCUT2D eigenvalue weighted by Crippen LogP contribution is -2.18. The fraction of sp³-hybridized carbons (Fsp3) is 0.158. The summed E-state index contributed by atoms with van der Waals surface area (Å²) in [6.45, 7) is 1.59. The van der Waals surface area contributed by atoms with Gasteiger partial charge < -0.3 is 9.84 Å². The number of benzene rings is 1. The van der Waals surface area contributed by atoms with Crippen LogP contribution in [0.25, 0.3) is 11.3 Å². The number of nitrogens with zero attached hydrogens (tertiary/aromatic N) is 3. The number of carbonyl (C=O) groups is 2. The zero-order chi connectivity index (χ0) is 22.0.